The number of hydrogen-bond acceptors (Lipinski definition) is 1. The Morgan fingerprint density at radius 1 is 0.842 bits per heavy atom. The number of rotatable bonds is 2. The molecule has 0 N–H and O–H groups in total. The van der Waals surface area contributed by atoms with Crippen molar-refractivity contribution in [2.24, 2.45) is 0 Å². The lowest BCUT2D eigenvalue weighted by Crippen LogP contribution is -2.75. The maximum absolute atomic E-state index is 6.36. The molecule has 1 aliphatic heterocycles. The van der Waals surface area contributed by atoms with Gasteiger partial charge in [0.05, 0.1) is 13.2 Å². The summed E-state index contributed by atoms with van der Waals surface area (Å²) in [5.74, 6) is 0. The van der Waals surface area contributed by atoms with Crippen molar-refractivity contribution < 1.29 is 9.05 Å². The highest BCUT2D eigenvalue weighted by Gasteiger charge is 2.50. The third kappa shape index (κ3) is 1.81. The molecule has 1 fully saturated rings. The van der Waals surface area contributed by atoms with E-state index in [9.17, 15) is 0 Å². The minimum atomic E-state index is -1.19. The molecule has 0 aliphatic carbocycles. The number of likely N-dealkylation sites (N-methyl/N-ethyl adjacent to an activating group) is 1. The highest BCUT2D eigenvalue weighted by Crippen LogP contribution is 2.23. The smallest absolute Gasteiger partial charge is 0.391 e. The van der Waals surface area contributed by atoms with Gasteiger partial charge in [0, 0.05) is 14.1 Å². The first-order valence-electron chi connectivity index (χ1n) is 6.89. The largest absolute Gasteiger partial charge is 0.528 e. The topological polar surface area (TPSA) is 9.23 Å². The van der Waals surface area contributed by atoms with Gasteiger partial charge in [0.1, 0.15) is 0 Å². The molecule has 2 nitrogen and oxygen atoms in total. The van der Waals surface area contributed by atoms with Gasteiger partial charge in [-0.1, -0.05) is 60.7 Å². The molecule has 0 spiro atoms. The van der Waals surface area contributed by atoms with Crippen molar-refractivity contribution in [1.82, 2.24) is 0 Å². The van der Waals surface area contributed by atoms with Gasteiger partial charge in [-0.25, -0.2) is 0 Å². The lowest BCUT2D eigenvalue weighted by molar-refractivity contribution is -0.781. The average Bonchev–Trinajstić information content (AvgIpc) is 2.77. The van der Waals surface area contributed by atoms with E-state index in [1.807, 2.05) is 0 Å². The fraction of sp³-hybridized carbons (Fsp3) is 0.250. The van der Waals surface area contributed by atoms with Crippen LogP contribution in [0.4, 0.5) is 0 Å². The molecule has 0 atom stereocenters. The zero-order chi connectivity index (χ0) is 13.3. The third-order valence-electron chi connectivity index (χ3n) is 4.51. The molecular formula is C16H20BNO. The van der Waals surface area contributed by atoms with Crippen molar-refractivity contribution in [2.75, 3.05) is 27.2 Å². The summed E-state index contributed by atoms with van der Waals surface area (Å²) in [6, 6.07) is 21.3. The molecule has 0 unspecified atom stereocenters. The molecule has 0 saturated carbocycles. The van der Waals surface area contributed by atoms with E-state index in [0.717, 1.165) is 17.5 Å². The maximum Gasteiger partial charge on any atom is 0.391 e. The second-order valence-corrected chi connectivity index (χ2v) is 5.94. The van der Waals surface area contributed by atoms with E-state index >= 15 is 0 Å². The van der Waals surface area contributed by atoms with E-state index in [1.54, 1.807) is 0 Å². The van der Waals surface area contributed by atoms with Crippen LogP contribution in [0.3, 0.4) is 0 Å². The van der Waals surface area contributed by atoms with Gasteiger partial charge in [-0.2, -0.15) is 0 Å². The van der Waals surface area contributed by atoms with E-state index < -0.39 is 6.48 Å². The van der Waals surface area contributed by atoms with Gasteiger partial charge in [0.15, 0.2) is 0 Å². The summed E-state index contributed by atoms with van der Waals surface area (Å²) >= 11 is 0. The number of hydrogen-bond donors (Lipinski definition) is 0. The van der Waals surface area contributed by atoms with Gasteiger partial charge in [-0.05, 0) is 0 Å². The maximum atomic E-state index is 6.36. The monoisotopic (exact) mass is 253 g/mol. The molecule has 0 radical (unpaired) electrons. The van der Waals surface area contributed by atoms with Crippen LogP contribution in [-0.2, 0) is 4.65 Å². The van der Waals surface area contributed by atoms with E-state index in [-0.39, 0.29) is 0 Å². The molecule has 0 aromatic heterocycles. The minimum Gasteiger partial charge on any atom is -0.528 e. The molecule has 19 heavy (non-hydrogen) atoms. The van der Waals surface area contributed by atoms with Crippen LogP contribution in [0.2, 0.25) is 0 Å². The zero-order valence-corrected chi connectivity index (χ0v) is 11.6. The van der Waals surface area contributed by atoms with Crippen molar-refractivity contribution >= 4 is 17.4 Å². The molecular weight excluding hydrogens is 233 g/mol. The highest BCUT2D eigenvalue weighted by atomic mass is 16.5. The second-order valence-electron chi connectivity index (χ2n) is 5.94. The van der Waals surface area contributed by atoms with Gasteiger partial charge < -0.3 is 9.05 Å². The molecule has 0 bridgehead atoms. The van der Waals surface area contributed by atoms with Gasteiger partial charge in [0.25, 0.3) is 0 Å². The molecule has 2 aromatic carbocycles. The average molecular weight is 253 g/mol. The molecule has 3 rings (SSSR count). The summed E-state index contributed by atoms with van der Waals surface area (Å²) in [6.07, 6.45) is 0. The van der Waals surface area contributed by atoms with Crippen molar-refractivity contribution in [3.63, 3.8) is 0 Å². The van der Waals surface area contributed by atoms with Crippen molar-refractivity contribution in [1.29, 1.82) is 0 Å². The van der Waals surface area contributed by atoms with Crippen LogP contribution in [0.1, 0.15) is 0 Å². The van der Waals surface area contributed by atoms with Crippen molar-refractivity contribution in [3.05, 3.63) is 60.7 Å². The zero-order valence-electron chi connectivity index (χ0n) is 11.6. The summed E-state index contributed by atoms with van der Waals surface area (Å²) in [5, 5.41) is 0. The van der Waals surface area contributed by atoms with Gasteiger partial charge >= 0.3 is 6.48 Å². The molecule has 0 amide bonds. The number of nitrogens with zero attached hydrogens (tertiary/aromatic N) is 1. The second kappa shape index (κ2) is 4.51. The standard InChI is InChI=1S/C16H20BNO/c1-18(2)13-14-19-17(18,15-9-5-3-6-10-15)16-11-7-4-8-12-16/h3-12H,13-14H2,1-2H3. The van der Waals surface area contributed by atoms with E-state index in [0.29, 0.717) is 0 Å². The number of quaternary nitrogens is 1. The van der Waals surface area contributed by atoms with Crippen LogP contribution in [0.15, 0.2) is 60.7 Å². The Kier molecular flexibility index (Phi) is 2.96. The Hall–Kier alpha value is -1.58. The van der Waals surface area contributed by atoms with Crippen LogP contribution >= 0.6 is 0 Å². The molecule has 1 heterocycles. The van der Waals surface area contributed by atoms with E-state index in [2.05, 4.69) is 74.8 Å². The highest BCUT2D eigenvalue weighted by molar-refractivity contribution is 6.92. The summed E-state index contributed by atoms with van der Waals surface area (Å²) in [6.45, 7) is 0.671. The van der Waals surface area contributed by atoms with Gasteiger partial charge in [0.2, 0.25) is 0 Å². The first-order chi connectivity index (χ1) is 9.17. The van der Waals surface area contributed by atoms with Crippen molar-refractivity contribution in [2.45, 2.75) is 0 Å². The molecule has 2 aromatic rings. The lowest BCUT2D eigenvalue weighted by atomic mass is 9.39. The van der Waals surface area contributed by atoms with Gasteiger partial charge in [-0.15, -0.1) is 10.9 Å². The third-order valence-corrected chi connectivity index (χ3v) is 4.51. The van der Waals surface area contributed by atoms with E-state index in [4.69, 9.17) is 4.65 Å². The first kappa shape index (κ1) is 12.5. The molecule has 1 aliphatic rings. The summed E-state index contributed by atoms with van der Waals surface area (Å²) in [5.41, 5.74) is 2.58. The van der Waals surface area contributed by atoms with Crippen LogP contribution in [-0.4, -0.2) is 38.1 Å². The van der Waals surface area contributed by atoms with Crippen LogP contribution in [0.5, 0.6) is 0 Å². The van der Waals surface area contributed by atoms with E-state index in [1.165, 1.54) is 10.9 Å². The SMILES string of the molecule is C[N+]1(C)CCO[B-]1(c1ccccc1)c1ccccc1. The molecule has 98 valence electrons. The number of benzene rings is 2. The van der Waals surface area contributed by atoms with Crippen LogP contribution < -0.4 is 10.9 Å². The normalized spacial score (nSPS) is 20.3. The Labute approximate surface area is 115 Å². The quantitative estimate of drug-likeness (QED) is 0.734. The Balaban J connectivity index is 2.23. The lowest BCUT2D eigenvalue weighted by Gasteiger charge is -2.49. The predicted octanol–water partition coefficient (Wildman–Crippen LogP) is 1.35. The molecule has 1 saturated heterocycles. The fourth-order valence-corrected chi connectivity index (χ4v) is 3.46. The fourth-order valence-electron chi connectivity index (χ4n) is 3.46. The van der Waals surface area contributed by atoms with Crippen LogP contribution in [0, 0.1) is 0 Å². The van der Waals surface area contributed by atoms with Crippen molar-refractivity contribution in [3.8, 4) is 0 Å². The summed E-state index contributed by atoms with van der Waals surface area (Å²) < 4.78 is 7.25. The summed E-state index contributed by atoms with van der Waals surface area (Å²) in [4.78, 5) is 0. The minimum absolute atomic E-state index is 0.816. The Bertz CT molecular complexity index is 514. The summed E-state index contributed by atoms with van der Waals surface area (Å²) in [7, 11) is 4.54. The Morgan fingerprint density at radius 2 is 1.32 bits per heavy atom. The Morgan fingerprint density at radius 3 is 1.68 bits per heavy atom. The van der Waals surface area contributed by atoms with Crippen LogP contribution in [0.25, 0.3) is 0 Å². The first-order valence-corrected chi connectivity index (χ1v) is 6.89. The van der Waals surface area contributed by atoms with Gasteiger partial charge in [-0.3, -0.25) is 0 Å². The molecule has 3 heteroatoms. The predicted molar refractivity (Wildman–Crippen MR) is 80.8 cm³/mol.